The number of fused-ring (bicyclic) bond motifs is 1. The molecule has 4 atom stereocenters. The van der Waals surface area contributed by atoms with E-state index in [1.807, 2.05) is 27.7 Å². The summed E-state index contributed by atoms with van der Waals surface area (Å²) in [7, 11) is 1.63. The van der Waals surface area contributed by atoms with Crippen LogP contribution in [0.2, 0.25) is 0 Å². The van der Waals surface area contributed by atoms with Gasteiger partial charge in [-0.25, -0.2) is 0 Å². The average molecular weight is 240 g/mol. The van der Waals surface area contributed by atoms with Crippen molar-refractivity contribution in [3.05, 3.63) is 0 Å². The van der Waals surface area contributed by atoms with Gasteiger partial charge in [0.1, 0.15) is 0 Å². The van der Waals surface area contributed by atoms with Gasteiger partial charge in [0.25, 0.3) is 0 Å². The second kappa shape index (κ2) is 3.55. The van der Waals surface area contributed by atoms with Crippen LogP contribution in [0.3, 0.4) is 0 Å². The topological polar surface area (TPSA) is 52.6 Å². The molecule has 0 bridgehead atoms. The predicted octanol–water partition coefficient (Wildman–Crippen LogP) is 1.77. The van der Waals surface area contributed by atoms with Gasteiger partial charge < -0.3 is 9.47 Å². The molecule has 0 N–H and O–H groups in total. The van der Waals surface area contributed by atoms with Gasteiger partial charge in [0.05, 0.1) is 17.4 Å². The summed E-state index contributed by atoms with van der Waals surface area (Å²) in [5, 5.41) is 0. The molecule has 0 aromatic rings. The summed E-state index contributed by atoms with van der Waals surface area (Å²) >= 11 is 0. The van der Waals surface area contributed by atoms with Gasteiger partial charge in [0, 0.05) is 7.11 Å². The first-order valence-electron chi connectivity index (χ1n) is 6.05. The fraction of sp³-hybridized carbons (Fsp3) is 0.846. The molecule has 1 aliphatic heterocycles. The van der Waals surface area contributed by atoms with Crippen molar-refractivity contribution in [2.45, 2.75) is 40.2 Å². The Hall–Kier alpha value is -0.900. The number of hydrogen-bond donors (Lipinski definition) is 0. The van der Waals surface area contributed by atoms with E-state index in [1.54, 1.807) is 7.11 Å². The molecule has 1 saturated carbocycles. The maximum absolute atomic E-state index is 11.8. The van der Waals surface area contributed by atoms with Crippen LogP contribution in [0.25, 0.3) is 0 Å². The standard InChI is InChI=1S/C13H20O4/c1-7(16-5)6-8-9-12(2,3)13(9,4)11(15)17-10(8)14/h7-9H,6H2,1-5H3. The molecule has 0 amide bonds. The van der Waals surface area contributed by atoms with Gasteiger partial charge in [-0.1, -0.05) is 13.8 Å². The molecule has 0 aromatic heterocycles. The molecule has 2 aliphatic rings. The highest BCUT2D eigenvalue weighted by atomic mass is 16.6. The molecule has 4 unspecified atom stereocenters. The third kappa shape index (κ3) is 1.46. The first-order chi connectivity index (χ1) is 7.76. The van der Waals surface area contributed by atoms with Crippen LogP contribution in [0.1, 0.15) is 34.1 Å². The Balaban J connectivity index is 2.24. The first kappa shape index (κ1) is 12.6. The zero-order valence-electron chi connectivity index (χ0n) is 11.1. The van der Waals surface area contributed by atoms with Gasteiger partial charge in [-0.15, -0.1) is 0 Å². The zero-order valence-corrected chi connectivity index (χ0v) is 11.1. The quantitative estimate of drug-likeness (QED) is 0.557. The van der Waals surface area contributed by atoms with Gasteiger partial charge in [0.2, 0.25) is 0 Å². The van der Waals surface area contributed by atoms with E-state index in [4.69, 9.17) is 9.47 Å². The van der Waals surface area contributed by atoms with Crippen molar-refractivity contribution in [1.82, 2.24) is 0 Å². The number of carbonyl (C=O) groups excluding carboxylic acids is 2. The van der Waals surface area contributed by atoms with E-state index in [0.717, 1.165) is 0 Å². The summed E-state index contributed by atoms with van der Waals surface area (Å²) in [4.78, 5) is 23.6. The summed E-state index contributed by atoms with van der Waals surface area (Å²) in [6, 6.07) is 0. The Morgan fingerprint density at radius 1 is 1.35 bits per heavy atom. The number of esters is 2. The highest BCUT2D eigenvalue weighted by Crippen LogP contribution is 2.74. The molecule has 2 rings (SSSR count). The number of cyclic esters (lactones) is 2. The molecule has 96 valence electrons. The van der Waals surface area contributed by atoms with Gasteiger partial charge in [-0.3, -0.25) is 9.59 Å². The van der Waals surface area contributed by atoms with Crippen LogP contribution in [0.4, 0.5) is 0 Å². The summed E-state index contributed by atoms with van der Waals surface area (Å²) in [5.41, 5.74) is -0.659. The van der Waals surface area contributed by atoms with Crippen molar-refractivity contribution in [3.63, 3.8) is 0 Å². The van der Waals surface area contributed by atoms with Crippen LogP contribution in [-0.2, 0) is 19.1 Å². The van der Waals surface area contributed by atoms with E-state index >= 15 is 0 Å². The second-order valence-corrected chi connectivity index (χ2v) is 6.00. The van der Waals surface area contributed by atoms with Crippen molar-refractivity contribution in [2.75, 3.05) is 7.11 Å². The van der Waals surface area contributed by atoms with Crippen molar-refractivity contribution < 1.29 is 19.1 Å². The molecule has 2 fully saturated rings. The molecule has 4 nitrogen and oxygen atoms in total. The molecule has 1 saturated heterocycles. The SMILES string of the molecule is COC(C)CC1C(=O)OC(=O)C2(C)C1C2(C)C. The Bertz CT molecular complexity index is 374. The van der Waals surface area contributed by atoms with Crippen molar-refractivity contribution in [1.29, 1.82) is 0 Å². The van der Waals surface area contributed by atoms with E-state index in [2.05, 4.69) is 0 Å². The lowest BCUT2D eigenvalue weighted by Gasteiger charge is -2.24. The molecule has 1 aliphatic carbocycles. The number of rotatable bonds is 3. The Morgan fingerprint density at radius 3 is 2.47 bits per heavy atom. The molecular formula is C13H20O4. The van der Waals surface area contributed by atoms with Crippen molar-refractivity contribution in [2.24, 2.45) is 22.7 Å². The normalized spacial score (nSPS) is 40.5. The van der Waals surface area contributed by atoms with Crippen LogP contribution in [0, 0.1) is 22.7 Å². The Kier molecular flexibility index (Phi) is 2.62. The fourth-order valence-corrected chi connectivity index (χ4v) is 3.42. The van der Waals surface area contributed by atoms with Crippen LogP contribution < -0.4 is 0 Å². The maximum atomic E-state index is 11.8. The van der Waals surface area contributed by atoms with Crippen molar-refractivity contribution >= 4 is 11.9 Å². The third-order valence-corrected chi connectivity index (χ3v) is 4.97. The number of hydrogen-bond acceptors (Lipinski definition) is 4. The first-order valence-corrected chi connectivity index (χ1v) is 6.05. The molecule has 4 heteroatoms. The zero-order chi connectivity index (χ0) is 13.0. The van der Waals surface area contributed by atoms with Gasteiger partial charge in [-0.05, 0) is 31.6 Å². The molecule has 0 aromatic carbocycles. The highest BCUT2D eigenvalue weighted by molar-refractivity contribution is 5.97. The average Bonchev–Trinajstić information content (AvgIpc) is 2.70. The lowest BCUT2D eigenvalue weighted by molar-refractivity contribution is -0.173. The molecular weight excluding hydrogens is 220 g/mol. The van der Waals surface area contributed by atoms with Crippen LogP contribution in [0.5, 0.6) is 0 Å². The lowest BCUT2D eigenvalue weighted by atomic mass is 9.89. The van der Waals surface area contributed by atoms with Crippen LogP contribution in [-0.4, -0.2) is 25.2 Å². The largest absolute Gasteiger partial charge is 0.392 e. The third-order valence-electron chi connectivity index (χ3n) is 4.97. The van der Waals surface area contributed by atoms with Gasteiger partial charge in [-0.2, -0.15) is 0 Å². The summed E-state index contributed by atoms with van der Waals surface area (Å²) < 4.78 is 10.1. The number of ether oxygens (including phenoxy) is 2. The smallest absolute Gasteiger partial charge is 0.320 e. The Morgan fingerprint density at radius 2 is 1.94 bits per heavy atom. The molecule has 1 heterocycles. The summed E-state index contributed by atoms with van der Waals surface area (Å²) in [6.07, 6.45) is 0.619. The monoisotopic (exact) mass is 240 g/mol. The van der Waals surface area contributed by atoms with E-state index in [1.165, 1.54) is 0 Å². The van der Waals surface area contributed by atoms with E-state index in [9.17, 15) is 9.59 Å². The number of carbonyl (C=O) groups is 2. The summed E-state index contributed by atoms with van der Waals surface area (Å²) in [6.45, 7) is 7.89. The predicted molar refractivity (Wildman–Crippen MR) is 61.1 cm³/mol. The van der Waals surface area contributed by atoms with Crippen LogP contribution in [0.15, 0.2) is 0 Å². The second-order valence-electron chi connectivity index (χ2n) is 6.00. The Labute approximate surface area is 102 Å². The maximum Gasteiger partial charge on any atom is 0.320 e. The highest BCUT2D eigenvalue weighted by Gasteiger charge is 2.78. The minimum atomic E-state index is -0.501. The lowest BCUT2D eigenvalue weighted by Crippen LogP contribution is -2.36. The van der Waals surface area contributed by atoms with E-state index in [0.29, 0.717) is 6.42 Å². The molecule has 17 heavy (non-hydrogen) atoms. The van der Waals surface area contributed by atoms with Gasteiger partial charge in [0.15, 0.2) is 0 Å². The van der Waals surface area contributed by atoms with Gasteiger partial charge >= 0.3 is 11.9 Å². The fourth-order valence-electron chi connectivity index (χ4n) is 3.42. The molecule has 0 radical (unpaired) electrons. The molecule has 0 spiro atoms. The van der Waals surface area contributed by atoms with E-state index < -0.39 is 5.41 Å². The minimum Gasteiger partial charge on any atom is -0.392 e. The van der Waals surface area contributed by atoms with E-state index in [-0.39, 0.29) is 35.3 Å². The van der Waals surface area contributed by atoms with Crippen molar-refractivity contribution in [3.8, 4) is 0 Å². The number of methoxy groups -OCH3 is 1. The van der Waals surface area contributed by atoms with Crippen LogP contribution >= 0.6 is 0 Å². The minimum absolute atomic E-state index is 0.00130. The summed E-state index contributed by atoms with van der Waals surface area (Å²) in [5.74, 6) is -0.880.